The molecule has 0 radical (unpaired) electrons. The van der Waals surface area contributed by atoms with Gasteiger partial charge in [-0.05, 0) is 52.9 Å². The highest BCUT2D eigenvalue weighted by Crippen LogP contribution is 2.56. The molecule has 1 atom stereocenters. The minimum absolute atomic E-state index is 0.0812. The van der Waals surface area contributed by atoms with E-state index in [1.54, 1.807) is 0 Å². The fraction of sp³-hybridized carbons (Fsp3) is 0.577. The molecule has 4 rings (SSSR count). The molecule has 2 aliphatic rings. The summed E-state index contributed by atoms with van der Waals surface area (Å²) >= 11 is 0. The van der Waals surface area contributed by atoms with Crippen LogP contribution in [0.5, 0.6) is 5.75 Å². The molecule has 2 N–H and O–H groups in total. The smallest absolute Gasteiger partial charge is 0.266 e. The number of carbonyl (C=O) groups is 2. The van der Waals surface area contributed by atoms with Crippen LogP contribution in [-0.2, 0) is 21.7 Å². The fourth-order valence-corrected chi connectivity index (χ4v) is 7.98. The predicted molar refractivity (Wildman–Crippen MR) is 140 cm³/mol. The number of benzene rings is 1. The SMILES string of the molecule is CN(C)CC(Oc1ccccc1)C(=O)N1Cc2c(NC(=O)C3([Si](C)(C)C)CCC3)n[nH]c2C1(C)C. The Morgan fingerprint density at radius 1 is 1.20 bits per heavy atom. The molecule has 1 unspecified atom stereocenters. The zero-order valence-corrected chi connectivity index (χ0v) is 23.1. The number of H-pyrrole nitrogens is 1. The molecule has 1 saturated carbocycles. The summed E-state index contributed by atoms with van der Waals surface area (Å²) in [6.07, 6.45) is 2.33. The molecule has 1 aliphatic carbocycles. The highest BCUT2D eigenvalue weighted by molar-refractivity contribution is 6.83. The summed E-state index contributed by atoms with van der Waals surface area (Å²) in [7, 11) is 2.15. The molecule has 2 aromatic rings. The zero-order valence-electron chi connectivity index (χ0n) is 22.1. The highest BCUT2D eigenvalue weighted by atomic mass is 28.3. The Morgan fingerprint density at radius 3 is 2.40 bits per heavy atom. The first-order chi connectivity index (χ1) is 16.4. The Kier molecular flexibility index (Phi) is 6.61. The number of aromatic nitrogens is 2. The number of nitrogens with one attached hydrogen (secondary N) is 2. The number of nitrogens with zero attached hydrogens (tertiary/aromatic N) is 3. The summed E-state index contributed by atoms with van der Waals surface area (Å²) in [5, 5.41) is 10.5. The summed E-state index contributed by atoms with van der Waals surface area (Å²) in [5.74, 6) is 1.20. The third kappa shape index (κ3) is 4.51. The minimum Gasteiger partial charge on any atom is -0.479 e. The van der Waals surface area contributed by atoms with Crippen LogP contribution in [0.25, 0.3) is 0 Å². The molecule has 2 amide bonds. The van der Waals surface area contributed by atoms with E-state index in [-0.39, 0.29) is 16.9 Å². The Morgan fingerprint density at radius 2 is 1.86 bits per heavy atom. The van der Waals surface area contributed by atoms with Gasteiger partial charge >= 0.3 is 0 Å². The van der Waals surface area contributed by atoms with Gasteiger partial charge in [-0.1, -0.05) is 44.3 Å². The topological polar surface area (TPSA) is 90.6 Å². The van der Waals surface area contributed by atoms with Gasteiger partial charge < -0.3 is 19.9 Å². The van der Waals surface area contributed by atoms with Gasteiger partial charge in [0.25, 0.3) is 5.91 Å². The van der Waals surface area contributed by atoms with Crippen molar-refractivity contribution in [3.63, 3.8) is 0 Å². The average Bonchev–Trinajstić information content (AvgIpc) is 3.23. The lowest BCUT2D eigenvalue weighted by Gasteiger charge is -2.48. The van der Waals surface area contributed by atoms with Crippen LogP contribution < -0.4 is 10.1 Å². The van der Waals surface area contributed by atoms with Crippen LogP contribution in [0, 0.1) is 0 Å². The molecule has 1 aromatic heterocycles. The number of amides is 2. The summed E-state index contributed by atoms with van der Waals surface area (Å²) < 4.78 is 6.14. The van der Waals surface area contributed by atoms with Crippen molar-refractivity contribution in [1.82, 2.24) is 20.0 Å². The molecule has 1 aliphatic heterocycles. The molecule has 35 heavy (non-hydrogen) atoms. The quantitative estimate of drug-likeness (QED) is 0.534. The predicted octanol–water partition coefficient (Wildman–Crippen LogP) is 4.20. The lowest BCUT2D eigenvalue weighted by atomic mass is 9.83. The molecule has 9 heteroatoms. The Bertz CT molecular complexity index is 1090. The van der Waals surface area contributed by atoms with Crippen LogP contribution in [-0.4, -0.2) is 66.6 Å². The van der Waals surface area contributed by atoms with Gasteiger partial charge in [0.1, 0.15) is 5.75 Å². The molecule has 0 spiro atoms. The number of rotatable bonds is 8. The lowest BCUT2D eigenvalue weighted by molar-refractivity contribution is -0.145. The first-order valence-electron chi connectivity index (χ1n) is 12.4. The van der Waals surface area contributed by atoms with Crippen molar-refractivity contribution >= 4 is 25.7 Å². The van der Waals surface area contributed by atoms with E-state index in [1.165, 1.54) is 0 Å². The van der Waals surface area contributed by atoms with E-state index in [0.717, 1.165) is 30.5 Å². The number of para-hydroxylation sites is 1. The number of anilines is 1. The van der Waals surface area contributed by atoms with Crippen molar-refractivity contribution in [2.75, 3.05) is 26.0 Å². The summed E-state index contributed by atoms with van der Waals surface area (Å²) in [6.45, 7) is 11.6. The Hall–Kier alpha value is -2.65. The summed E-state index contributed by atoms with van der Waals surface area (Å²) in [4.78, 5) is 31.0. The number of likely N-dealkylation sites (N-methyl/N-ethyl adjacent to an activating group) is 1. The van der Waals surface area contributed by atoms with Crippen LogP contribution in [0.4, 0.5) is 5.82 Å². The van der Waals surface area contributed by atoms with Gasteiger partial charge in [-0.2, -0.15) is 5.10 Å². The van der Waals surface area contributed by atoms with E-state index < -0.39 is 19.7 Å². The largest absolute Gasteiger partial charge is 0.479 e. The van der Waals surface area contributed by atoms with E-state index in [2.05, 4.69) is 35.2 Å². The maximum Gasteiger partial charge on any atom is 0.266 e. The molecule has 8 nitrogen and oxygen atoms in total. The zero-order chi connectivity index (χ0) is 25.6. The number of fused-ring (bicyclic) bond motifs is 1. The van der Waals surface area contributed by atoms with Gasteiger partial charge in [-0.25, -0.2) is 0 Å². The van der Waals surface area contributed by atoms with Crippen molar-refractivity contribution in [3.8, 4) is 5.75 Å². The minimum atomic E-state index is -1.71. The molecule has 190 valence electrons. The van der Waals surface area contributed by atoms with E-state index in [9.17, 15) is 9.59 Å². The molecule has 0 saturated heterocycles. The first-order valence-corrected chi connectivity index (χ1v) is 15.9. The van der Waals surface area contributed by atoms with Crippen molar-refractivity contribution in [3.05, 3.63) is 41.6 Å². The molecular formula is C26H39N5O3Si. The first kappa shape index (κ1) is 25.4. The van der Waals surface area contributed by atoms with Crippen LogP contribution in [0.3, 0.4) is 0 Å². The molecular weight excluding hydrogens is 458 g/mol. The fourth-order valence-electron chi connectivity index (χ4n) is 5.38. The maximum atomic E-state index is 13.8. The number of ether oxygens (including phenoxy) is 1. The van der Waals surface area contributed by atoms with Gasteiger partial charge in [0.05, 0.1) is 25.9 Å². The van der Waals surface area contributed by atoms with Gasteiger partial charge in [0, 0.05) is 17.1 Å². The lowest BCUT2D eigenvalue weighted by Crippen LogP contribution is -2.52. The van der Waals surface area contributed by atoms with E-state index in [0.29, 0.717) is 24.7 Å². The Balaban J connectivity index is 1.56. The third-order valence-electron chi connectivity index (χ3n) is 7.87. The van der Waals surface area contributed by atoms with Gasteiger partial charge in [0.2, 0.25) is 5.91 Å². The molecule has 2 heterocycles. The molecule has 1 fully saturated rings. The number of hydrogen-bond acceptors (Lipinski definition) is 5. The van der Waals surface area contributed by atoms with Gasteiger partial charge in [-0.3, -0.25) is 14.7 Å². The standard InChI is InChI=1S/C26H39N5O3Si/c1-25(2)21-19(22(29-28-21)27-24(33)26(14-11-15-26)35(5,6)7)16-31(25)23(32)20(17-30(3)4)34-18-12-9-8-10-13-18/h8-10,12-13,20H,11,14-17H2,1-7H3,(H2,27,28,29,33). The van der Waals surface area contributed by atoms with Crippen molar-refractivity contribution in [2.24, 2.45) is 0 Å². The van der Waals surface area contributed by atoms with E-state index in [4.69, 9.17) is 4.74 Å². The summed E-state index contributed by atoms with van der Waals surface area (Å²) in [6, 6.07) is 9.44. The summed E-state index contributed by atoms with van der Waals surface area (Å²) in [5.41, 5.74) is 1.13. The molecule has 0 bridgehead atoms. The van der Waals surface area contributed by atoms with Crippen molar-refractivity contribution in [2.45, 2.75) is 76.0 Å². The third-order valence-corrected chi connectivity index (χ3v) is 11.5. The molecule has 1 aromatic carbocycles. The number of carbonyl (C=O) groups excluding carboxylic acids is 2. The van der Waals surface area contributed by atoms with Crippen molar-refractivity contribution in [1.29, 1.82) is 0 Å². The number of aromatic amines is 1. The van der Waals surface area contributed by atoms with Crippen LogP contribution in [0.15, 0.2) is 30.3 Å². The second-order valence-corrected chi connectivity index (χ2v) is 17.2. The maximum absolute atomic E-state index is 13.8. The van der Waals surface area contributed by atoms with E-state index in [1.807, 2.05) is 68.1 Å². The monoisotopic (exact) mass is 497 g/mol. The van der Waals surface area contributed by atoms with Crippen molar-refractivity contribution < 1.29 is 14.3 Å². The highest BCUT2D eigenvalue weighted by Gasteiger charge is 2.54. The van der Waals surface area contributed by atoms with E-state index >= 15 is 0 Å². The average molecular weight is 498 g/mol. The second kappa shape index (κ2) is 9.09. The van der Waals surface area contributed by atoms with Crippen LogP contribution >= 0.6 is 0 Å². The van der Waals surface area contributed by atoms with Gasteiger partial charge in [0.15, 0.2) is 11.9 Å². The number of hydrogen-bond donors (Lipinski definition) is 2. The Labute approximate surface area is 209 Å². The van der Waals surface area contributed by atoms with Crippen LogP contribution in [0.2, 0.25) is 24.7 Å². The second-order valence-electron chi connectivity index (χ2n) is 11.7. The normalized spacial score (nSPS) is 19.1. The van der Waals surface area contributed by atoms with Gasteiger partial charge in [-0.15, -0.1) is 0 Å². The van der Waals surface area contributed by atoms with Crippen LogP contribution in [0.1, 0.15) is 44.4 Å².